The summed E-state index contributed by atoms with van der Waals surface area (Å²) in [6, 6.07) is 0. The second-order valence-electron chi connectivity index (χ2n) is 8.51. The van der Waals surface area contributed by atoms with Gasteiger partial charge >= 0.3 is 11.9 Å². The summed E-state index contributed by atoms with van der Waals surface area (Å²) in [6.07, 6.45) is 6.47. The summed E-state index contributed by atoms with van der Waals surface area (Å²) < 4.78 is 11.0. The van der Waals surface area contributed by atoms with Crippen molar-refractivity contribution in [2.45, 2.75) is 57.8 Å². The Hall–Kier alpha value is -1.95. The number of allylic oxidation sites excluding steroid dienone is 2. The number of Topliss-reactive ketones (excluding diaryl/α,β-unsaturated/α-hetero) is 1. The minimum Gasteiger partial charge on any atom is -0.462 e. The number of esters is 2. The number of hydrogen-bond donors (Lipinski definition) is 1. The zero-order valence-electron chi connectivity index (χ0n) is 15.7. The molecule has 2 bridgehead atoms. The van der Waals surface area contributed by atoms with Crippen LogP contribution in [0.15, 0.2) is 23.8 Å². The molecule has 2 fully saturated rings. The molecule has 6 heteroatoms. The Labute approximate surface area is 158 Å². The quantitative estimate of drug-likeness (QED) is 0.429. The van der Waals surface area contributed by atoms with Gasteiger partial charge in [-0.1, -0.05) is 25.2 Å². The lowest BCUT2D eigenvalue weighted by Crippen LogP contribution is -2.40. The average molecular weight is 374 g/mol. The highest BCUT2D eigenvalue weighted by molar-refractivity contribution is 6.18. The van der Waals surface area contributed by atoms with Gasteiger partial charge in [0.15, 0.2) is 5.78 Å². The largest absolute Gasteiger partial charge is 0.462 e. The highest BCUT2D eigenvalue weighted by Crippen LogP contribution is 2.50. The van der Waals surface area contributed by atoms with Gasteiger partial charge in [0.1, 0.15) is 12.2 Å². The number of rotatable bonds is 1. The highest BCUT2D eigenvalue weighted by atomic mass is 16.5. The average Bonchev–Trinajstić information content (AvgIpc) is 2.87. The number of ether oxygens (including phenoxy) is 2. The van der Waals surface area contributed by atoms with E-state index in [1.807, 2.05) is 0 Å². The first kappa shape index (κ1) is 18.4. The Morgan fingerprint density at radius 3 is 2.67 bits per heavy atom. The summed E-state index contributed by atoms with van der Waals surface area (Å²) in [4.78, 5) is 36.4. The number of carbonyl (C=O) groups is 3. The van der Waals surface area contributed by atoms with Crippen molar-refractivity contribution in [2.24, 2.45) is 29.6 Å². The molecule has 0 spiro atoms. The highest BCUT2D eigenvalue weighted by Gasteiger charge is 2.49. The fourth-order valence-electron chi connectivity index (χ4n) is 5.48. The molecule has 2 aliphatic heterocycles. The molecule has 6 nitrogen and oxygen atoms in total. The number of hydrogen-bond acceptors (Lipinski definition) is 6. The van der Waals surface area contributed by atoms with Crippen molar-refractivity contribution in [3.05, 3.63) is 23.8 Å². The third-order valence-electron chi connectivity index (χ3n) is 6.60. The zero-order chi connectivity index (χ0) is 19.3. The summed E-state index contributed by atoms with van der Waals surface area (Å²) >= 11 is 0. The van der Waals surface area contributed by atoms with E-state index in [1.165, 1.54) is 6.92 Å². The molecule has 0 aromatic heterocycles. The summed E-state index contributed by atoms with van der Waals surface area (Å²) in [5.41, 5.74) is 0.148. The van der Waals surface area contributed by atoms with Crippen LogP contribution in [0.5, 0.6) is 0 Å². The van der Waals surface area contributed by atoms with E-state index in [9.17, 15) is 19.5 Å². The van der Waals surface area contributed by atoms with Crippen LogP contribution in [-0.4, -0.2) is 41.1 Å². The molecule has 0 radical (unpaired) electrons. The van der Waals surface area contributed by atoms with E-state index in [4.69, 9.17) is 9.47 Å². The fraction of sp³-hybridized carbons (Fsp3) is 0.667. The van der Waals surface area contributed by atoms with Crippen LogP contribution in [0.4, 0.5) is 0 Å². The van der Waals surface area contributed by atoms with Crippen LogP contribution >= 0.6 is 0 Å². The van der Waals surface area contributed by atoms with Crippen molar-refractivity contribution in [3.8, 4) is 0 Å². The first-order chi connectivity index (χ1) is 12.8. The first-order valence-electron chi connectivity index (χ1n) is 9.83. The molecule has 5 rings (SSSR count). The fourth-order valence-corrected chi connectivity index (χ4v) is 5.48. The Kier molecular flexibility index (Phi) is 4.70. The van der Waals surface area contributed by atoms with Gasteiger partial charge in [-0.2, -0.15) is 0 Å². The van der Waals surface area contributed by atoms with Crippen LogP contribution in [0, 0.1) is 29.6 Å². The van der Waals surface area contributed by atoms with E-state index in [2.05, 4.69) is 19.1 Å². The molecule has 8 atom stereocenters. The Bertz CT molecular complexity index is 702. The molecule has 0 aromatic carbocycles. The van der Waals surface area contributed by atoms with Crippen molar-refractivity contribution < 1.29 is 29.0 Å². The summed E-state index contributed by atoms with van der Waals surface area (Å²) in [6.45, 7) is 3.49. The van der Waals surface area contributed by atoms with E-state index < -0.39 is 18.2 Å². The smallest absolute Gasteiger partial charge is 0.341 e. The van der Waals surface area contributed by atoms with E-state index in [0.717, 1.165) is 6.42 Å². The predicted octanol–water partition coefficient (Wildman–Crippen LogP) is 1.96. The SMILES string of the molecule is CC(=O)O[C@@H]1[C@H]2C=C[C@@H]3C[C@@H](O)C[C@@H]4CC(=O)/C(=C/[C@@H]3[C@H]2C[C@@H]1C)C(=O)O4. The van der Waals surface area contributed by atoms with Gasteiger partial charge < -0.3 is 14.6 Å². The van der Waals surface area contributed by atoms with Gasteiger partial charge in [0.2, 0.25) is 0 Å². The Balaban J connectivity index is 1.72. The molecule has 0 unspecified atom stereocenters. The van der Waals surface area contributed by atoms with Crippen molar-refractivity contribution in [3.63, 3.8) is 0 Å². The third kappa shape index (κ3) is 3.35. The van der Waals surface area contributed by atoms with Crippen LogP contribution in [-0.2, 0) is 23.9 Å². The minimum atomic E-state index is -0.625. The Morgan fingerprint density at radius 1 is 1.19 bits per heavy atom. The number of fused-ring (bicyclic) bond motifs is 5. The number of aliphatic hydroxyl groups is 1. The molecule has 3 aliphatic carbocycles. The maximum absolute atomic E-state index is 12.5. The van der Waals surface area contributed by atoms with Gasteiger partial charge in [-0.05, 0) is 36.5 Å². The van der Waals surface area contributed by atoms with Gasteiger partial charge in [0.25, 0.3) is 0 Å². The van der Waals surface area contributed by atoms with Gasteiger partial charge in [-0.15, -0.1) is 0 Å². The van der Waals surface area contributed by atoms with Crippen molar-refractivity contribution in [1.82, 2.24) is 0 Å². The van der Waals surface area contributed by atoms with Crippen LogP contribution in [0.3, 0.4) is 0 Å². The summed E-state index contributed by atoms with van der Waals surface area (Å²) in [7, 11) is 0. The monoisotopic (exact) mass is 374 g/mol. The van der Waals surface area contributed by atoms with Gasteiger partial charge in [-0.25, -0.2) is 4.79 Å². The van der Waals surface area contributed by atoms with Crippen molar-refractivity contribution in [1.29, 1.82) is 0 Å². The number of aliphatic hydroxyl groups excluding tert-OH is 1. The molecular formula is C21H26O6. The molecule has 1 N–H and O–H groups in total. The maximum Gasteiger partial charge on any atom is 0.341 e. The van der Waals surface area contributed by atoms with E-state index >= 15 is 0 Å². The predicted molar refractivity (Wildman–Crippen MR) is 95.3 cm³/mol. The molecule has 0 aromatic rings. The van der Waals surface area contributed by atoms with E-state index in [1.54, 1.807) is 6.08 Å². The lowest BCUT2D eigenvalue weighted by Gasteiger charge is -2.38. The van der Waals surface area contributed by atoms with Crippen LogP contribution in [0.25, 0.3) is 0 Å². The molecule has 1 saturated carbocycles. The summed E-state index contributed by atoms with van der Waals surface area (Å²) in [5, 5.41) is 10.5. The number of carbonyl (C=O) groups excluding carboxylic acids is 3. The lowest BCUT2D eigenvalue weighted by molar-refractivity contribution is -0.153. The molecular weight excluding hydrogens is 348 g/mol. The van der Waals surface area contributed by atoms with E-state index in [0.29, 0.717) is 12.8 Å². The topological polar surface area (TPSA) is 89.9 Å². The van der Waals surface area contributed by atoms with Crippen LogP contribution in [0.2, 0.25) is 0 Å². The van der Waals surface area contributed by atoms with E-state index in [-0.39, 0.29) is 59.4 Å². The molecule has 2 heterocycles. The summed E-state index contributed by atoms with van der Waals surface area (Å²) in [5.74, 6) is -0.642. The second kappa shape index (κ2) is 6.89. The van der Waals surface area contributed by atoms with Crippen molar-refractivity contribution >= 4 is 17.7 Å². The maximum atomic E-state index is 12.5. The third-order valence-corrected chi connectivity index (χ3v) is 6.60. The second-order valence-corrected chi connectivity index (χ2v) is 8.51. The Morgan fingerprint density at radius 2 is 1.96 bits per heavy atom. The van der Waals surface area contributed by atoms with Crippen LogP contribution in [0.1, 0.15) is 39.5 Å². The molecule has 146 valence electrons. The minimum absolute atomic E-state index is 0.0528. The normalized spacial score (nSPS) is 45.4. The standard InChI is InChI=1S/C21H26O6/c1-10-5-17-15(20(10)26-11(2)22)4-3-12-6-13(23)7-14-8-19(24)18(9-16(12)17)21(25)27-14/h3-4,9-10,12-17,20,23H,5-8H2,1-2H3/b18-9-/t10-,12+,13+,14+,15-,16-,17-,20-/m0/s1. The lowest BCUT2D eigenvalue weighted by atomic mass is 9.68. The number of ketones is 1. The van der Waals surface area contributed by atoms with Gasteiger partial charge in [-0.3, -0.25) is 9.59 Å². The molecule has 5 aliphatic rings. The van der Waals surface area contributed by atoms with Crippen LogP contribution < -0.4 is 0 Å². The molecule has 1 saturated heterocycles. The van der Waals surface area contributed by atoms with Gasteiger partial charge in [0, 0.05) is 25.7 Å². The van der Waals surface area contributed by atoms with Crippen molar-refractivity contribution in [2.75, 3.05) is 0 Å². The first-order valence-corrected chi connectivity index (χ1v) is 9.83. The molecule has 27 heavy (non-hydrogen) atoms. The molecule has 0 amide bonds. The zero-order valence-corrected chi connectivity index (χ0v) is 15.7. The van der Waals surface area contributed by atoms with Gasteiger partial charge in [0.05, 0.1) is 11.7 Å².